The highest BCUT2D eigenvalue weighted by atomic mass is 35.5. The van der Waals surface area contributed by atoms with E-state index >= 15 is 0 Å². The van der Waals surface area contributed by atoms with Crippen molar-refractivity contribution in [2.45, 2.75) is 13.1 Å². The molecule has 0 fully saturated rings. The van der Waals surface area contributed by atoms with Gasteiger partial charge >= 0.3 is 6.18 Å². The molecule has 2 heterocycles. The Labute approximate surface area is 136 Å². The maximum absolute atomic E-state index is 12.9. The van der Waals surface area contributed by atoms with E-state index in [1.165, 1.54) is 0 Å². The van der Waals surface area contributed by atoms with E-state index in [1.54, 1.807) is 29.9 Å². The average molecular weight is 350 g/mol. The predicted octanol–water partition coefficient (Wildman–Crippen LogP) is 4.68. The summed E-state index contributed by atoms with van der Waals surface area (Å²) in [7, 11) is 1.62. The van der Waals surface area contributed by atoms with E-state index in [2.05, 4.69) is 10.3 Å². The van der Waals surface area contributed by atoms with Gasteiger partial charge in [-0.05, 0) is 17.9 Å². The largest absolute Gasteiger partial charge is 0.417 e. The number of rotatable bonds is 4. The molecule has 0 atom stereocenters. The van der Waals surface area contributed by atoms with Crippen LogP contribution in [0.2, 0.25) is 0 Å². The van der Waals surface area contributed by atoms with Crippen LogP contribution in [0.1, 0.15) is 12.5 Å². The quantitative estimate of drug-likeness (QED) is 0.854. The summed E-state index contributed by atoms with van der Waals surface area (Å²) >= 11 is 7.69. The van der Waals surface area contributed by atoms with E-state index in [0.29, 0.717) is 23.1 Å². The SMILES string of the molecule is CCSC1=CC(Cl)=CN(c2cc(C(F)(F)F)cnc2NC)C1. The zero-order chi connectivity index (χ0) is 16.3. The van der Waals surface area contributed by atoms with Crippen molar-refractivity contribution in [3.05, 3.63) is 40.0 Å². The number of allylic oxidation sites excluding steroid dienone is 2. The molecule has 0 aromatic carbocycles. The molecular weight excluding hydrogens is 335 g/mol. The van der Waals surface area contributed by atoms with Gasteiger partial charge in [0.05, 0.1) is 22.8 Å². The second kappa shape index (κ2) is 6.83. The molecule has 2 rings (SSSR count). The topological polar surface area (TPSA) is 28.2 Å². The lowest BCUT2D eigenvalue weighted by Gasteiger charge is -2.27. The molecule has 0 saturated heterocycles. The molecule has 0 spiro atoms. The summed E-state index contributed by atoms with van der Waals surface area (Å²) in [5, 5.41) is 3.29. The lowest BCUT2D eigenvalue weighted by molar-refractivity contribution is -0.137. The third-order valence-electron chi connectivity index (χ3n) is 2.98. The van der Waals surface area contributed by atoms with Crippen molar-refractivity contribution in [3.63, 3.8) is 0 Å². The van der Waals surface area contributed by atoms with Gasteiger partial charge in [0.25, 0.3) is 0 Å². The maximum Gasteiger partial charge on any atom is 0.417 e. The van der Waals surface area contributed by atoms with Gasteiger partial charge in [-0.2, -0.15) is 13.2 Å². The van der Waals surface area contributed by atoms with Gasteiger partial charge in [-0.15, -0.1) is 11.8 Å². The minimum absolute atomic E-state index is 0.345. The van der Waals surface area contributed by atoms with Crippen molar-refractivity contribution in [1.82, 2.24) is 4.98 Å². The highest BCUT2D eigenvalue weighted by molar-refractivity contribution is 8.03. The van der Waals surface area contributed by atoms with Crippen LogP contribution in [0.5, 0.6) is 0 Å². The molecule has 1 N–H and O–H groups in total. The Bertz CT molecular complexity index is 614. The number of anilines is 2. The molecule has 0 radical (unpaired) electrons. The minimum Gasteiger partial charge on any atom is -0.371 e. The number of hydrogen-bond acceptors (Lipinski definition) is 4. The van der Waals surface area contributed by atoms with Gasteiger partial charge in [-0.1, -0.05) is 18.5 Å². The van der Waals surface area contributed by atoms with Crippen molar-refractivity contribution < 1.29 is 13.2 Å². The summed E-state index contributed by atoms with van der Waals surface area (Å²) in [6, 6.07) is 1.08. The third-order valence-corrected chi connectivity index (χ3v) is 4.09. The molecule has 120 valence electrons. The van der Waals surface area contributed by atoms with E-state index in [0.717, 1.165) is 22.9 Å². The summed E-state index contributed by atoms with van der Waals surface area (Å²) in [5.74, 6) is 1.24. The Morgan fingerprint density at radius 2 is 2.18 bits per heavy atom. The Balaban J connectivity index is 2.41. The van der Waals surface area contributed by atoms with Gasteiger partial charge in [-0.25, -0.2) is 4.98 Å². The first kappa shape index (κ1) is 17.0. The van der Waals surface area contributed by atoms with Crippen LogP contribution in [0, 0.1) is 0 Å². The van der Waals surface area contributed by atoms with Crippen LogP contribution in [-0.2, 0) is 6.18 Å². The lowest BCUT2D eigenvalue weighted by Crippen LogP contribution is -2.23. The highest BCUT2D eigenvalue weighted by Crippen LogP contribution is 2.36. The fourth-order valence-electron chi connectivity index (χ4n) is 2.05. The number of nitrogens with zero attached hydrogens (tertiary/aromatic N) is 2. The zero-order valence-electron chi connectivity index (χ0n) is 12.0. The van der Waals surface area contributed by atoms with E-state index in [1.807, 2.05) is 13.0 Å². The van der Waals surface area contributed by atoms with Gasteiger partial charge in [0.1, 0.15) is 5.82 Å². The lowest BCUT2D eigenvalue weighted by atomic mass is 10.2. The summed E-state index contributed by atoms with van der Waals surface area (Å²) in [6.45, 7) is 2.47. The normalized spacial score (nSPS) is 15.5. The average Bonchev–Trinajstić information content (AvgIpc) is 2.45. The van der Waals surface area contributed by atoms with Crippen molar-refractivity contribution in [2.75, 3.05) is 29.6 Å². The van der Waals surface area contributed by atoms with Crippen LogP contribution < -0.4 is 10.2 Å². The predicted molar refractivity (Wildman–Crippen MR) is 86.3 cm³/mol. The smallest absolute Gasteiger partial charge is 0.371 e. The first-order chi connectivity index (χ1) is 10.3. The fraction of sp³-hybridized carbons (Fsp3) is 0.357. The number of hydrogen-bond donors (Lipinski definition) is 1. The van der Waals surface area contributed by atoms with Crippen molar-refractivity contribution in [1.29, 1.82) is 0 Å². The van der Waals surface area contributed by atoms with Crippen molar-refractivity contribution in [3.8, 4) is 0 Å². The molecule has 22 heavy (non-hydrogen) atoms. The van der Waals surface area contributed by atoms with E-state index in [-0.39, 0.29) is 0 Å². The number of pyridine rings is 1. The van der Waals surface area contributed by atoms with Crippen molar-refractivity contribution >= 4 is 34.9 Å². The second-order valence-electron chi connectivity index (χ2n) is 4.53. The molecular formula is C14H15ClF3N3S. The summed E-state index contributed by atoms with van der Waals surface area (Å²) in [5.41, 5.74) is -0.442. The Morgan fingerprint density at radius 1 is 1.45 bits per heavy atom. The number of thioether (sulfide) groups is 1. The third kappa shape index (κ3) is 3.89. The number of alkyl halides is 3. The van der Waals surface area contributed by atoms with E-state index in [4.69, 9.17) is 11.6 Å². The van der Waals surface area contributed by atoms with Gasteiger partial charge < -0.3 is 10.2 Å². The molecule has 1 aromatic heterocycles. The molecule has 0 amide bonds. The first-order valence-electron chi connectivity index (χ1n) is 6.57. The van der Waals surface area contributed by atoms with Crippen LogP contribution in [-0.4, -0.2) is 24.3 Å². The molecule has 1 aliphatic heterocycles. The number of halogens is 4. The van der Waals surface area contributed by atoms with Gasteiger partial charge in [0, 0.05) is 24.3 Å². The van der Waals surface area contributed by atoms with Crippen molar-refractivity contribution in [2.24, 2.45) is 0 Å². The highest BCUT2D eigenvalue weighted by Gasteiger charge is 2.32. The van der Waals surface area contributed by atoms with Crippen LogP contribution in [0.4, 0.5) is 24.7 Å². The molecule has 1 aliphatic rings. The summed E-state index contributed by atoms with van der Waals surface area (Å²) in [4.78, 5) is 6.53. The molecule has 1 aromatic rings. The van der Waals surface area contributed by atoms with Gasteiger partial charge in [0.2, 0.25) is 0 Å². The maximum atomic E-state index is 12.9. The van der Waals surface area contributed by atoms with Crippen LogP contribution >= 0.6 is 23.4 Å². The van der Waals surface area contributed by atoms with E-state index < -0.39 is 11.7 Å². The summed E-state index contributed by atoms with van der Waals surface area (Å²) in [6.07, 6.45) is -0.179. The zero-order valence-corrected chi connectivity index (χ0v) is 13.6. The molecule has 0 bridgehead atoms. The number of aromatic nitrogens is 1. The van der Waals surface area contributed by atoms with Gasteiger partial charge in [0.15, 0.2) is 0 Å². The standard InChI is InChI=1S/C14H15ClF3N3S/c1-3-22-11-5-10(15)7-21(8-11)12-4-9(14(16,17)18)6-20-13(12)19-2/h4-7H,3,8H2,1-2H3,(H,19,20). The second-order valence-corrected chi connectivity index (χ2v) is 6.35. The van der Waals surface area contributed by atoms with E-state index in [9.17, 15) is 13.2 Å². The number of nitrogens with one attached hydrogen (secondary N) is 1. The Hall–Kier alpha value is -1.34. The summed E-state index contributed by atoms with van der Waals surface area (Å²) < 4.78 is 38.7. The first-order valence-corrected chi connectivity index (χ1v) is 7.93. The van der Waals surface area contributed by atoms with Crippen LogP contribution in [0.25, 0.3) is 0 Å². The minimum atomic E-state index is -4.44. The molecule has 3 nitrogen and oxygen atoms in total. The Morgan fingerprint density at radius 3 is 2.77 bits per heavy atom. The fourth-order valence-corrected chi connectivity index (χ4v) is 3.17. The van der Waals surface area contributed by atoms with Crippen LogP contribution in [0.3, 0.4) is 0 Å². The van der Waals surface area contributed by atoms with Crippen LogP contribution in [0.15, 0.2) is 34.5 Å². The molecule has 8 heteroatoms. The molecule has 0 aliphatic carbocycles. The molecule has 0 unspecified atom stereocenters. The van der Waals surface area contributed by atoms with Gasteiger partial charge in [-0.3, -0.25) is 0 Å². The molecule has 0 saturated carbocycles. The Kier molecular flexibility index (Phi) is 5.28. The monoisotopic (exact) mass is 349 g/mol.